The van der Waals surface area contributed by atoms with Gasteiger partial charge in [-0.15, -0.1) is 5.10 Å². The van der Waals surface area contributed by atoms with Gasteiger partial charge in [-0.1, -0.05) is 12.1 Å². The number of aryl methyl sites for hydroxylation is 1. The maximum atomic E-state index is 12.2. The van der Waals surface area contributed by atoms with Gasteiger partial charge in [0.2, 0.25) is 5.78 Å². The number of halogens is 1. The van der Waals surface area contributed by atoms with Gasteiger partial charge >= 0.3 is 0 Å². The summed E-state index contributed by atoms with van der Waals surface area (Å²) in [6, 6.07) is 0. The average Bonchev–Trinajstić information content (AvgIpc) is 2.56. The quantitative estimate of drug-likeness (QED) is 0.783. The predicted molar refractivity (Wildman–Crippen MR) is 58.7 cm³/mol. The number of Topliss-reactive ketones (excluding diaryl/α,β-unsaturated/α-hetero) is 1. The minimum atomic E-state index is -0.821. The molecule has 0 saturated heterocycles. The van der Waals surface area contributed by atoms with E-state index in [1.165, 1.54) is 11.8 Å². The molecule has 1 atom stereocenters. The fourth-order valence-corrected chi connectivity index (χ4v) is 1.73. The lowest BCUT2D eigenvalue weighted by atomic mass is 9.95. The standard InChI is InChI=1S/C9H14BrN3O2/c1-5-9(2,15-4)7(14)6-8(10)11-12-13(6)3/h5H2,1-4H3. The van der Waals surface area contributed by atoms with Crippen LogP contribution >= 0.6 is 15.9 Å². The van der Waals surface area contributed by atoms with Crippen LogP contribution in [0.3, 0.4) is 0 Å². The Labute approximate surface area is 96.9 Å². The zero-order valence-electron chi connectivity index (χ0n) is 9.24. The molecule has 0 aromatic carbocycles. The summed E-state index contributed by atoms with van der Waals surface area (Å²) in [5.74, 6) is -0.119. The SMILES string of the molecule is CCC(C)(OC)C(=O)c1c(Br)nnn1C. The molecule has 0 aliphatic rings. The number of methoxy groups -OCH3 is 1. The second-order valence-electron chi connectivity index (χ2n) is 3.47. The number of hydrogen-bond acceptors (Lipinski definition) is 4. The number of carbonyl (C=O) groups excluding carboxylic acids is 1. The Bertz CT molecular complexity index is 352. The lowest BCUT2D eigenvalue weighted by Crippen LogP contribution is -2.38. The van der Waals surface area contributed by atoms with Gasteiger partial charge in [-0.2, -0.15) is 0 Å². The number of ether oxygens (including phenoxy) is 1. The van der Waals surface area contributed by atoms with Gasteiger partial charge in [0.15, 0.2) is 4.60 Å². The Morgan fingerprint density at radius 2 is 2.27 bits per heavy atom. The summed E-state index contributed by atoms with van der Waals surface area (Å²) in [6.45, 7) is 3.66. The highest BCUT2D eigenvalue weighted by atomic mass is 79.9. The van der Waals surface area contributed by atoms with E-state index >= 15 is 0 Å². The van der Waals surface area contributed by atoms with Crippen molar-refractivity contribution in [1.82, 2.24) is 15.0 Å². The third kappa shape index (κ3) is 2.10. The Morgan fingerprint density at radius 3 is 2.60 bits per heavy atom. The molecule has 15 heavy (non-hydrogen) atoms. The monoisotopic (exact) mass is 275 g/mol. The van der Waals surface area contributed by atoms with Gasteiger partial charge in [-0.25, -0.2) is 4.68 Å². The van der Waals surface area contributed by atoms with Crippen molar-refractivity contribution < 1.29 is 9.53 Å². The lowest BCUT2D eigenvalue weighted by Gasteiger charge is -2.24. The molecule has 1 heterocycles. The third-order valence-corrected chi connectivity index (χ3v) is 3.14. The Balaban J connectivity index is 3.14. The smallest absolute Gasteiger partial charge is 0.215 e. The van der Waals surface area contributed by atoms with Crippen LogP contribution in [0.4, 0.5) is 0 Å². The molecule has 0 bridgehead atoms. The molecule has 1 aromatic rings. The molecular weight excluding hydrogens is 262 g/mol. The minimum Gasteiger partial charge on any atom is -0.370 e. The summed E-state index contributed by atoms with van der Waals surface area (Å²) in [5, 5.41) is 7.54. The predicted octanol–water partition coefficient (Wildman–Crippen LogP) is 1.58. The first-order chi connectivity index (χ1) is 6.96. The maximum absolute atomic E-state index is 12.2. The minimum absolute atomic E-state index is 0.119. The second kappa shape index (κ2) is 4.40. The topological polar surface area (TPSA) is 57.0 Å². The maximum Gasteiger partial charge on any atom is 0.215 e. The fourth-order valence-electron chi connectivity index (χ4n) is 1.22. The first-order valence-corrected chi connectivity index (χ1v) is 5.40. The van der Waals surface area contributed by atoms with Crippen molar-refractivity contribution in [2.45, 2.75) is 25.9 Å². The second-order valence-corrected chi connectivity index (χ2v) is 4.22. The molecule has 0 N–H and O–H groups in total. The first kappa shape index (κ1) is 12.3. The first-order valence-electron chi connectivity index (χ1n) is 4.61. The molecule has 0 radical (unpaired) electrons. The van der Waals surface area contributed by atoms with E-state index in [9.17, 15) is 4.79 Å². The van der Waals surface area contributed by atoms with Crippen LogP contribution in [0.2, 0.25) is 0 Å². The lowest BCUT2D eigenvalue weighted by molar-refractivity contribution is 0.00972. The Morgan fingerprint density at radius 1 is 1.67 bits per heavy atom. The zero-order valence-corrected chi connectivity index (χ0v) is 10.8. The highest BCUT2D eigenvalue weighted by Crippen LogP contribution is 2.23. The molecule has 0 fully saturated rings. The van der Waals surface area contributed by atoms with E-state index in [1.54, 1.807) is 14.0 Å². The number of hydrogen-bond donors (Lipinski definition) is 0. The largest absolute Gasteiger partial charge is 0.370 e. The average molecular weight is 276 g/mol. The van der Waals surface area contributed by atoms with Crippen LogP contribution in [0.25, 0.3) is 0 Å². The number of nitrogens with zero attached hydrogens (tertiary/aromatic N) is 3. The van der Waals surface area contributed by atoms with Crippen molar-refractivity contribution in [2.24, 2.45) is 7.05 Å². The third-order valence-electron chi connectivity index (χ3n) is 2.61. The molecule has 6 heteroatoms. The number of aromatic nitrogens is 3. The van der Waals surface area contributed by atoms with E-state index in [-0.39, 0.29) is 5.78 Å². The number of carbonyl (C=O) groups is 1. The highest BCUT2D eigenvalue weighted by molar-refractivity contribution is 9.10. The number of rotatable bonds is 4. The normalized spacial score (nSPS) is 15.0. The van der Waals surface area contributed by atoms with Crippen LogP contribution in [0.15, 0.2) is 4.60 Å². The summed E-state index contributed by atoms with van der Waals surface area (Å²) in [4.78, 5) is 12.2. The van der Waals surface area contributed by atoms with E-state index in [0.717, 1.165) is 0 Å². The molecule has 5 nitrogen and oxygen atoms in total. The van der Waals surface area contributed by atoms with E-state index in [1.807, 2.05) is 6.92 Å². The van der Waals surface area contributed by atoms with Crippen molar-refractivity contribution in [2.75, 3.05) is 7.11 Å². The van der Waals surface area contributed by atoms with E-state index in [2.05, 4.69) is 26.2 Å². The molecule has 1 rings (SSSR count). The molecule has 84 valence electrons. The summed E-state index contributed by atoms with van der Waals surface area (Å²) in [7, 11) is 3.20. The van der Waals surface area contributed by atoms with Gasteiger partial charge in [-0.05, 0) is 29.3 Å². The van der Waals surface area contributed by atoms with Gasteiger partial charge in [0.25, 0.3) is 0 Å². The van der Waals surface area contributed by atoms with Gasteiger partial charge in [0.1, 0.15) is 11.3 Å². The van der Waals surface area contributed by atoms with Crippen molar-refractivity contribution in [3.05, 3.63) is 10.3 Å². The van der Waals surface area contributed by atoms with Crippen molar-refractivity contribution in [3.8, 4) is 0 Å². The van der Waals surface area contributed by atoms with Gasteiger partial charge < -0.3 is 4.74 Å². The summed E-state index contributed by atoms with van der Waals surface area (Å²) in [5.41, 5.74) is -0.390. The molecule has 0 amide bonds. The van der Waals surface area contributed by atoms with Crippen LogP contribution in [0.1, 0.15) is 30.8 Å². The van der Waals surface area contributed by atoms with Gasteiger partial charge in [0.05, 0.1) is 0 Å². The van der Waals surface area contributed by atoms with Crippen LogP contribution < -0.4 is 0 Å². The molecule has 0 aliphatic heterocycles. The van der Waals surface area contributed by atoms with Crippen LogP contribution in [-0.2, 0) is 11.8 Å². The summed E-state index contributed by atoms with van der Waals surface area (Å²) >= 11 is 3.20. The van der Waals surface area contributed by atoms with E-state index in [4.69, 9.17) is 4.74 Å². The van der Waals surface area contributed by atoms with E-state index < -0.39 is 5.60 Å². The zero-order chi connectivity index (χ0) is 11.6. The molecule has 1 unspecified atom stereocenters. The molecular formula is C9H14BrN3O2. The highest BCUT2D eigenvalue weighted by Gasteiger charge is 2.35. The Hall–Kier alpha value is -0.750. The van der Waals surface area contributed by atoms with Crippen molar-refractivity contribution in [1.29, 1.82) is 0 Å². The van der Waals surface area contributed by atoms with E-state index in [0.29, 0.717) is 16.7 Å². The molecule has 0 aliphatic carbocycles. The fraction of sp³-hybridized carbons (Fsp3) is 0.667. The Kier molecular flexibility index (Phi) is 3.62. The summed E-state index contributed by atoms with van der Waals surface area (Å²) in [6.07, 6.45) is 0.597. The van der Waals surface area contributed by atoms with Crippen molar-refractivity contribution in [3.63, 3.8) is 0 Å². The van der Waals surface area contributed by atoms with Crippen molar-refractivity contribution >= 4 is 21.7 Å². The summed E-state index contributed by atoms with van der Waals surface area (Å²) < 4.78 is 7.14. The molecule has 1 aromatic heterocycles. The van der Waals surface area contributed by atoms with Crippen LogP contribution in [-0.4, -0.2) is 33.5 Å². The van der Waals surface area contributed by atoms with Crippen LogP contribution in [0, 0.1) is 0 Å². The molecule has 0 spiro atoms. The molecule has 0 saturated carbocycles. The van der Waals surface area contributed by atoms with Crippen LogP contribution in [0.5, 0.6) is 0 Å². The van der Waals surface area contributed by atoms with Gasteiger partial charge in [0, 0.05) is 14.2 Å². The van der Waals surface area contributed by atoms with Gasteiger partial charge in [-0.3, -0.25) is 4.79 Å². The number of ketones is 1.